The van der Waals surface area contributed by atoms with E-state index in [-0.39, 0.29) is 24.0 Å². The van der Waals surface area contributed by atoms with Gasteiger partial charge in [-0.3, -0.25) is 9.89 Å². The van der Waals surface area contributed by atoms with Gasteiger partial charge in [-0.2, -0.15) is 0 Å². The summed E-state index contributed by atoms with van der Waals surface area (Å²) in [6.45, 7) is 9.08. The van der Waals surface area contributed by atoms with Crippen LogP contribution in [0.1, 0.15) is 31.7 Å². The lowest BCUT2D eigenvalue weighted by Gasteiger charge is -2.33. The molecule has 1 heterocycles. The second kappa shape index (κ2) is 16.0. The zero-order chi connectivity index (χ0) is 19.2. The molecule has 1 aromatic carbocycles. The van der Waals surface area contributed by atoms with Gasteiger partial charge in [-0.05, 0) is 31.7 Å². The smallest absolute Gasteiger partial charge is 0.191 e. The maximum atomic E-state index is 5.49. The highest BCUT2D eigenvalue weighted by Crippen LogP contribution is 2.13. The van der Waals surface area contributed by atoms with Gasteiger partial charge in [0, 0.05) is 52.5 Å². The van der Waals surface area contributed by atoms with E-state index in [1.807, 2.05) is 0 Å². The van der Waals surface area contributed by atoms with Crippen molar-refractivity contribution in [1.29, 1.82) is 0 Å². The summed E-state index contributed by atoms with van der Waals surface area (Å²) in [4.78, 5) is 7.22. The van der Waals surface area contributed by atoms with Crippen LogP contribution < -0.4 is 10.6 Å². The predicted octanol–water partition coefficient (Wildman–Crippen LogP) is 2.88. The first-order chi connectivity index (χ1) is 13.3. The number of rotatable bonds is 11. The van der Waals surface area contributed by atoms with E-state index < -0.39 is 0 Å². The number of nitrogens with zero attached hydrogens (tertiary/aromatic N) is 2. The van der Waals surface area contributed by atoms with Gasteiger partial charge in [0.15, 0.2) is 5.96 Å². The van der Waals surface area contributed by atoms with E-state index in [1.165, 1.54) is 5.56 Å². The van der Waals surface area contributed by atoms with Gasteiger partial charge in [0.05, 0.1) is 13.2 Å². The van der Waals surface area contributed by atoms with Gasteiger partial charge in [-0.15, -0.1) is 24.0 Å². The number of methoxy groups -OCH3 is 1. The Bertz CT molecular complexity index is 522. The zero-order valence-electron chi connectivity index (χ0n) is 17.4. The van der Waals surface area contributed by atoms with Crippen LogP contribution in [0.5, 0.6) is 0 Å². The number of aliphatic imine (C=N–C) groups is 1. The summed E-state index contributed by atoms with van der Waals surface area (Å²) in [5.41, 5.74) is 1.39. The Hall–Kier alpha value is -0.900. The number of hydrogen-bond acceptors (Lipinski definition) is 4. The molecule has 0 aliphatic carbocycles. The molecule has 0 bridgehead atoms. The van der Waals surface area contributed by atoms with Crippen LogP contribution in [0.4, 0.5) is 0 Å². The third-order valence-electron chi connectivity index (χ3n) is 4.67. The average molecular weight is 504 g/mol. The van der Waals surface area contributed by atoms with Crippen molar-refractivity contribution in [1.82, 2.24) is 15.5 Å². The van der Waals surface area contributed by atoms with E-state index in [2.05, 4.69) is 57.8 Å². The summed E-state index contributed by atoms with van der Waals surface area (Å²) >= 11 is 0. The van der Waals surface area contributed by atoms with Gasteiger partial charge < -0.3 is 20.1 Å². The number of likely N-dealkylation sites (tertiary alicyclic amines) is 1. The molecule has 0 saturated carbocycles. The van der Waals surface area contributed by atoms with Crippen LogP contribution in [0.3, 0.4) is 0 Å². The molecule has 1 aromatic rings. The number of benzene rings is 1. The Kier molecular flexibility index (Phi) is 14.3. The van der Waals surface area contributed by atoms with E-state index >= 15 is 0 Å². The first kappa shape index (κ1) is 25.1. The first-order valence-corrected chi connectivity index (χ1v) is 10.2. The van der Waals surface area contributed by atoms with Crippen molar-refractivity contribution in [2.75, 3.05) is 53.1 Å². The molecule has 2 N–H and O–H groups in total. The number of piperidine rings is 1. The van der Waals surface area contributed by atoms with Crippen molar-refractivity contribution in [3.8, 4) is 0 Å². The second-order valence-corrected chi connectivity index (χ2v) is 6.90. The molecular formula is C21H37IN4O2. The molecule has 0 spiro atoms. The molecule has 0 radical (unpaired) electrons. The molecule has 2 rings (SSSR count). The highest BCUT2D eigenvalue weighted by Gasteiger charge is 2.19. The Morgan fingerprint density at radius 2 is 1.89 bits per heavy atom. The van der Waals surface area contributed by atoms with E-state index in [0.717, 1.165) is 64.6 Å². The largest absolute Gasteiger partial charge is 0.382 e. The lowest BCUT2D eigenvalue weighted by molar-refractivity contribution is 0.0702. The average Bonchev–Trinajstić information content (AvgIpc) is 2.69. The molecule has 0 atom stereocenters. The number of hydrogen-bond donors (Lipinski definition) is 2. The van der Waals surface area contributed by atoms with Gasteiger partial charge >= 0.3 is 0 Å². The van der Waals surface area contributed by atoms with Crippen molar-refractivity contribution in [3.63, 3.8) is 0 Å². The molecule has 7 heteroatoms. The van der Waals surface area contributed by atoms with Crippen LogP contribution >= 0.6 is 24.0 Å². The van der Waals surface area contributed by atoms with Crippen LogP contribution in [0.2, 0.25) is 0 Å². The molecule has 0 aromatic heterocycles. The van der Waals surface area contributed by atoms with Gasteiger partial charge in [-0.1, -0.05) is 30.3 Å². The topological polar surface area (TPSA) is 58.1 Å². The zero-order valence-corrected chi connectivity index (χ0v) is 19.7. The minimum absolute atomic E-state index is 0. The standard InChI is InChI=1S/C21H36N4O2.HI/c1-3-22-21(23-12-7-15-27-17-16-26-2)24-20-10-13-25(14-11-20)18-19-8-5-4-6-9-19;/h4-6,8-9,20H,3,7,10-18H2,1-2H3,(H2,22,23,24);1H. The number of ether oxygens (including phenoxy) is 2. The van der Waals surface area contributed by atoms with E-state index in [4.69, 9.17) is 9.47 Å². The highest BCUT2D eigenvalue weighted by molar-refractivity contribution is 14.0. The molecule has 6 nitrogen and oxygen atoms in total. The number of guanidine groups is 1. The van der Waals surface area contributed by atoms with Crippen LogP contribution in [0, 0.1) is 0 Å². The maximum absolute atomic E-state index is 5.49. The number of halogens is 1. The Morgan fingerprint density at radius 3 is 2.57 bits per heavy atom. The van der Waals surface area contributed by atoms with E-state index in [0.29, 0.717) is 19.3 Å². The fourth-order valence-corrected chi connectivity index (χ4v) is 3.19. The van der Waals surface area contributed by atoms with Crippen molar-refractivity contribution in [3.05, 3.63) is 35.9 Å². The lowest BCUT2D eigenvalue weighted by atomic mass is 10.0. The van der Waals surface area contributed by atoms with Crippen LogP contribution in [0.15, 0.2) is 35.3 Å². The molecular weight excluding hydrogens is 467 g/mol. The summed E-state index contributed by atoms with van der Waals surface area (Å²) in [6.07, 6.45) is 3.23. The van der Waals surface area contributed by atoms with Gasteiger partial charge in [0.25, 0.3) is 0 Å². The quantitative estimate of drug-likeness (QED) is 0.210. The van der Waals surface area contributed by atoms with Crippen molar-refractivity contribution >= 4 is 29.9 Å². The summed E-state index contributed by atoms with van der Waals surface area (Å²) in [5, 5.41) is 6.96. The third kappa shape index (κ3) is 10.6. The Morgan fingerprint density at radius 1 is 1.14 bits per heavy atom. The summed E-state index contributed by atoms with van der Waals surface area (Å²) in [7, 11) is 1.69. The molecule has 1 fully saturated rings. The van der Waals surface area contributed by atoms with E-state index in [1.54, 1.807) is 7.11 Å². The molecule has 160 valence electrons. The van der Waals surface area contributed by atoms with Crippen molar-refractivity contribution < 1.29 is 9.47 Å². The number of nitrogens with one attached hydrogen (secondary N) is 2. The fraction of sp³-hybridized carbons (Fsp3) is 0.667. The second-order valence-electron chi connectivity index (χ2n) is 6.90. The minimum Gasteiger partial charge on any atom is -0.382 e. The van der Waals surface area contributed by atoms with Gasteiger partial charge in [-0.25, -0.2) is 0 Å². The van der Waals surface area contributed by atoms with Crippen LogP contribution in [-0.4, -0.2) is 70.0 Å². The first-order valence-electron chi connectivity index (χ1n) is 10.2. The fourth-order valence-electron chi connectivity index (χ4n) is 3.19. The van der Waals surface area contributed by atoms with Crippen molar-refractivity contribution in [2.24, 2.45) is 4.99 Å². The Balaban J connectivity index is 0.00000392. The summed E-state index contributed by atoms with van der Waals surface area (Å²) in [6, 6.07) is 11.2. The Labute approximate surface area is 187 Å². The minimum atomic E-state index is 0. The molecule has 0 unspecified atom stereocenters. The molecule has 28 heavy (non-hydrogen) atoms. The van der Waals surface area contributed by atoms with Crippen LogP contribution in [0.25, 0.3) is 0 Å². The van der Waals surface area contributed by atoms with E-state index in [9.17, 15) is 0 Å². The highest BCUT2D eigenvalue weighted by atomic mass is 127. The van der Waals surface area contributed by atoms with Crippen LogP contribution in [-0.2, 0) is 16.0 Å². The molecule has 0 amide bonds. The summed E-state index contributed by atoms with van der Waals surface area (Å²) < 4.78 is 10.5. The summed E-state index contributed by atoms with van der Waals surface area (Å²) in [5.74, 6) is 0.927. The lowest BCUT2D eigenvalue weighted by Crippen LogP contribution is -2.48. The van der Waals surface area contributed by atoms with Crippen molar-refractivity contribution in [2.45, 2.75) is 38.8 Å². The maximum Gasteiger partial charge on any atom is 0.191 e. The molecule has 1 saturated heterocycles. The van der Waals surface area contributed by atoms with Gasteiger partial charge in [0.1, 0.15) is 0 Å². The normalized spacial score (nSPS) is 15.9. The monoisotopic (exact) mass is 504 g/mol. The molecule has 1 aliphatic rings. The van der Waals surface area contributed by atoms with Gasteiger partial charge in [0.2, 0.25) is 0 Å². The SMILES string of the molecule is CCNC(=NCCCOCCOC)NC1CCN(Cc2ccccc2)CC1.I. The molecule has 1 aliphatic heterocycles. The predicted molar refractivity (Wildman–Crippen MR) is 127 cm³/mol. The third-order valence-corrected chi connectivity index (χ3v) is 4.67.